The zero-order chi connectivity index (χ0) is 13.9. The molecule has 0 aliphatic heterocycles. The van der Waals surface area contributed by atoms with Crippen LogP contribution in [0.15, 0.2) is 48.7 Å². The lowest BCUT2D eigenvalue weighted by Crippen LogP contribution is -2.07. The SMILES string of the molecule is COc1ccccc1-c1cccc2cnc(CCN)n12. The quantitative estimate of drug-likeness (QED) is 0.790. The first-order valence-electron chi connectivity index (χ1n) is 6.64. The van der Waals surface area contributed by atoms with Gasteiger partial charge in [0.1, 0.15) is 11.6 Å². The standard InChI is InChI=1S/C16H17N3O/c1-20-15-8-3-2-6-13(15)14-7-4-5-12-11-18-16(9-10-17)19(12)14/h2-8,11H,9-10,17H2,1H3. The fourth-order valence-corrected chi connectivity index (χ4v) is 2.49. The van der Waals surface area contributed by atoms with Gasteiger partial charge in [0.25, 0.3) is 0 Å². The Kier molecular flexibility index (Phi) is 3.39. The summed E-state index contributed by atoms with van der Waals surface area (Å²) in [7, 11) is 1.69. The summed E-state index contributed by atoms with van der Waals surface area (Å²) in [5, 5.41) is 0. The maximum atomic E-state index is 5.68. The summed E-state index contributed by atoms with van der Waals surface area (Å²) in [4.78, 5) is 4.47. The second kappa shape index (κ2) is 5.35. The first-order chi connectivity index (χ1) is 9.85. The number of benzene rings is 1. The van der Waals surface area contributed by atoms with Crippen molar-refractivity contribution in [2.75, 3.05) is 13.7 Å². The van der Waals surface area contributed by atoms with Crippen LogP contribution in [0, 0.1) is 0 Å². The average molecular weight is 267 g/mol. The van der Waals surface area contributed by atoms with Crippen molar-refractivity contribution >= 4 is 5.52 Å². The molecular weight excluding hydrogens is 250 g/mol. The van der Waals surface area contributed by atoms with Crippen molar-refractivity contribution in [2.45, 2.75) is 6.42 Å². The number of nitrogens with zero attached hydrogens (tertiary/aromatic N) is 2. The summed E-state index contributed by atoms with van der Waals surface area (Å²) < 4.78 is 7.61. The number of aromatic nitrogens is 2. The minimum absolute atomic E-state index is 0.583. The van der Waals surface area contributed by atoms with Gasteiger partial charge in [-0.25, -0.2) is 4.98 Å². The van der Waals surface area contributed by atoms with E-state index in [4.69, 9.17) is 10.5 Å². The Hall–Kier alpha value is -2.33. The van der Waals surface area contributed by atoms with E-state index >= 15 is 0 Å². The minimum Gasteiger partial charge on any atom is -0.496 e. The molecule has 1 aromatic carbocycles. The Morgan fingerprint density at radius 1 is 1.15 bits per heavy atom. The van der Waals surface area contributed by atoms with Gasteiger partial charge in [-0.15, -0.1) is 0 Å². The highest BCUT2D eigenvalue weighted by Crippen LogP contribution is 2.30. The second-order valence-electron chi connectivity index (χ2n) is 4.58. The zero-order valence-corrected chi connectivity index (χ0v) is 11.4. The van der Waals surface area contributed by atoms with Gasteiger partial charge in [0, 0.05) is 12.0 Å². The molecule has 0 aliphatic rings. The summed E-state index contributed by atoms with van der Waals surface area (Å²) in [6.07, 6.45) is 2.63. The van der Waals surface area contributed by atoms with Gasteiger partial charge in [-0.05, 0) is 30.8 Å². The van der Waals surface area contributed by atoms with Gasteiger partial charge in [-0.2, -0.15) is 0 Å². The van der Waals surface area contributed by atoms with Crippen LogP contribution in [0.2, 0.25) is 0 Å². The Morgan fingerprint density at radius 2 is 2.00 bits per heavy atom. The number of rotatable bonds is 4. The van der Waals surface area contributed by atoms with Crippen LogP contribution < -0.4 is 10.5 Å². The number of pyridine rings is 1. The van der Waals surface area contributed by atoms with Crippen molar-refractivity contribution < 1.29 is 4.74 Å². The molecule has 0 amide bonds. The van der Waals surface area contributed by atoms with Crippen molar-refractivity contribution in [3.63, 3.8) is 0 Å². The van der Waals surface area contributed by atoms with E-state index in [1.54, 1.807) is 7.11 Å². The van der Waals surface area contributed by atoms with Gasteiger partial charge in [0.15, 0.2) is 0 Å². The number of imidazole rings is 1. The Labute approximate surface area is 117 Å². The number of hydrogen-bond acceptors (Lipinski definition) is 3. The molecule has 0 fully saturated rings. The van der Waals surface area contributed by atoms with Gasteiger partial charge in [-0.1, -0.05) is 18.2 Å². The van der Waals surface area contributed by atoms with E-state index < -0.39 is 0 Å². The maximum Gasteiger partial charge on any atom is 0.128 e. The van der Waals surface area contributed by atoms with Crippen LogP contribution >= 0.6 is 0 Å². The lowest BCUT2D eigenvalue weighted by Gasteiger charge is -2.12. The van der Waals surface area contributed by atoms with Crippen molar-refractivity contribution in [3.8, 4) is 17.0 Å². The lowest BCUT2D eigenvalue weighted by atomic mass is 10.1. The number of para-hydroxylation sites is 1. The molecule has 0 saturated carbocycles. The molecular formula is C16H17N3O. The molecule has 4 heteroatoms. The Bertz CT molecular complexity index is 733. The third-order valence-corrected chi connectivity index (χ3v) is 3.38. The summed E-state index contributed by atoms with van der Waals surface area (Å²) in [6, 6.07) is 14.2. The van der Waals surface area contributed by atoms with Gasteiger partial charge >= 0.3 is 0 Å². The highest BCUT2D eigenvalue weighted by Gasteiger charge is 2.11. The highest BCUT2D eigenvalue weighted by molar-refractivity contribution is 5.71. The predicted molar refractivity (Wildman–Crippen MR) is 79.9 cm³/mol. The smallest absolute Gasteiger partial charge is 0.128 e. The van der Waals surface area contributed by atoms with Gasteiger partial charge in [0.2, 0.25) is 0 Å². The van der Waals surface area contributed by atoms with Crippen molar-refractivity contribution in [3.05, 3.63) is 54.5 Å². The molecule has 0 spiro atoms. The molecule has 2 heterocycles. The first kappa shape index (κ1) is 12.7. The van der Waals surface area contributed by atoms with E-state index in [9.17, 15) is 0 Å². The van der Waals surface area contributed by atoms with Crippen LogP contribution in [0.25, 0.3) is 16.8 Å². The summed E-state index contributed by atoms with van der Waals surface area (Å²) in [5.74, 6) is 1.83. The molecule has 20 heavy (non-hydrogen) atoms. The molecule has 2 aromatic heterocycles. The largest absolute Gasteiger partial charge is 0.496 e. The van der Waals surface area contributed by atoms with Crippen LogP contribution in [-0.2, 0) is 6.42 Å². The topological polar surface area (TPSA) is 52.5 Å². The van der Waals surface area contributed by atoms with Gasteiger partial charge in [-0.3, -0.25) is 4.40 Å². The highest BCUT2D eigenvalue weighted by atomic mass is 16.5. The van der Waals surface area contributed by atoms with E-state index in [0.717, 1.165) is 34.8 Å². The van der Waals surface area contributed by atoms with E-state index in [1.165, 1.54) is 0 Å². The fraction of sp³-hybridized carbons (Fsp3) is 0.188. The number of hydrogen-bond donors (Lipinski definition) is 1. The fourth-order valence-electron chi connectivity index (χ4n) is 2.49. The summed E-state index contributed by atoms with van der Waals surface area (Å²) in [6.45, 7) is 0.583. The van der Waals surface area contributed by atoms with Crippen molar-refractivity contribution in [2.24, 2.45) is 5.73 Å². The van der Waals surface area contributed by atoms with Crippen molar-refractivity contribution in [1.82, 2.24) is 9.38 Å². The van der Waals surface area contributed by atoms with Crippen LogP contribution in [-0.4, -0.2) is 23.0 Å². The predicted octanol–water partition coefficient (Wildman–Crippen LogP) is 2.51. The van der Waals surface area contributed by atoms with E-state index in [-0.39, 0.29) is 0 Å². The average Bonchev–Trinajstić information content (AvgIpc) is 2.91. The molecule has 102 valence electrons. The molecule has 0 aliphatic carbocycles. The second-order valence-corrected chi connectivity index (χ2v) is 4.58. The van der Waals surface area contributed by atoms with Crippen LogP contribution in [0.5, 0.6) is 5.75 Å². The third kappa shape index (κ3) is 2.04. The molecule has 2 N–H and O–H groups in total. The molecule has 4 nitrogen and oxygen atoms in total. The molecule has 3 rings (SSSR count). The molecule has 3 aromatic rings. The van der Waals surface area contributed by atoms with Gasteiger partial charge < -0.3 is 10.5 Å². The van der Waals surface area contributed by atoms with Crippen LogP contribution in [0.1, 0.15) is 5.82 Å². The van der Waals surface area contributed by atoms with Crippen molar-refractivity contribution in [1.29, 1.82) is 0 Å². The van der Waals surface area contributed by atoms with E-state index in [0.29, 0.717) is 6.54 Å². The third-order valence-electron chi connectivity index (χ3n) is 3.38. The lowest BCUT2D eigenvalue weighted by molar-refractivity contribution is 0.416. The summed E-state index contributed by atoms with van der Waals surface area (Å²) >= 11 is 0. The molecule has 0 radical (unpaired) electrons. The first-order valence-corrected chi connectivity index (χ1v) is 6.64. The molecule has 0 saturated heterocycles. The van der Waals surface area contributed by atoms with Crippen LogP contribution in [0.4, 0.5) is 0 Å². The normalized spacial score (nSPS) is 10.9. The number of methoxy groups -OCH3 is 1. The zero-order valence-electron chi connectivity index (χ0n) is 11.4. The van der Waals surface area contributed by atoms with E-state index in [1.807, 2.05) is 36.5 Å². The van der Waals surface area contributed by atoms with Crippen LogP contribution in [0.3, 0.4) is 0 Å². The number of fused-ring (bicyclic) bond motifs is 1. The number of ether oxygens (including phenoxy) is 1. The molecule has 0 atom stereocenters. The van der Waals surface area contributed by atoms with E-state index in [2.05, 4.69) is 21.5 Å². The number of nitrogens with two attached hydrogens (primary N) is 1. The Balaban J connectivity index is 2.27. The van der Waals surface area contributed by atoms with Gasteiger partial charge in [0.05, 0.1) is 24.5 Å². The maximum absolute atomic E-state index is 5.68. The molecule has 0 bridgehead atoms. The molecule has 0 unspecified atom stereocenters. The summed E-state index contributed by atoms with van der Waals surface area (Å²) in [5.41, 5.74) is 8.87. The monoisotopic (exact) mass is 267 g/mol. The minimum atomic E-state index is 0.583. The Morgan fingerprint density at radius 3 is 2.80 bits per heavy atom.